The number of carbonyl (C=O) groups excluding carboxylic acids is 1. The van der Waals surface area contributed by atoms with Gasteiger partial charge in [0.1, 0.15) is 10.5 Å². The molecule has 1 atom stereocenters. The number of carboxylic acids is 1. The summed E-state index contributed by atoms with van der Waals surface area (Å²) in [7, 11) is 0. The van der Waals surface area contributed by atoms with Crippen molar-refractivity contribution >= 4 is 34.6 Å². The molecular formula is C15H18N2O3S2. The zero-order valence-electron chi connectivity index (χ0n) is 12.5. The number of carbonyl (C=O) groups is 2. The fraction of sp³-hybridized carbons (Fsp3) is 0.400. The van der Waals surface area contributed by atoms with Crippen LogP contribution in [0.1, 0.15) is 32.4 Å². The summed E-state index contributed by atoms with van der Waals surface area (Å²) >= 11 is 3.09. The molecule has 0 bridgehead atoms. The molecular weight excluding hydrogens is 320 g/mol. The smallest absolute Gasteiger partial charge is 0.329 e. The second kappa shape index (κ2) is 7.02. The van der Waals surface area contributed by atoms with E-state index in [1.54, 1.807) is 11.3 Å². The maximum atomic E-state index is 12.1. The van der Waals surface area contributed by atoms with E-state index in [2.05, 4.69) is 10.3 Å². The maximum absolute atomic E-state index is 12.1. The second-order valence-electron chi connectivity index (χ2n) is 5.23. The molecule has 1 amide bonds. The lowest BCUT2D eigenvalue weighted by Crippen LogP contribution is -2.52. The predicted octanol–water partition coefficient (Wildman–Crippen LogP) is 3.17. The van der Waals surface area contributed by atoms with Gasteiger partial charge < -0.3 is 10.4 Å². The largest absolute Gasteiger partial charge is 0.480 e. The number of nitrogens with zero attached hydrogens (tertiary/aromatic N) is 1. The van der Waals surface area contributed by atoms with Crippen LogP contribution in [0.15, 0.2) is 22.9 Å². The summed E-state index contributed by atoms with van der Waals surface area (Å²) in [5.41, 5.74) is -0.562. The van der Waals surface area contributed by atoms with Crippen LogP contribution < -0.4 is 5.32 Å². The summed E-state index contributed by atoms with van der Waals surface area (Å²) in [4.78, 5) is 28.9. The van der Waals surface area contributed by atoms with Gasteiger partial charge in [-0.05, 0) is 24.8 Å². The van der Waals surface area contributed by atoms with E-state index in [1.165, 1.54) is 18.3 Å². The van der Waals surface area contributed by atoms with Crippen molar-refractivity contribution in [3.05, 3.63) is 28.6 Å². The summed E-state index contributed by atoms with van der Waals surface area (Å²) < 4.78 is 0. The van der Waals surface area contributed by atoms with Gasteiger partial charge in [0.2, 0.25) is 5.91 Å². The van der Waals surface area contributed by atoms with Crippen molar-refractivity contribution in [1.29, 1.82) is 0 Å². The van der Waals surface area contributed by atoms with Gasteiger partial charge in [-0.15, -0.1) is 22.7 Å². The van der Waals surface area contributed by atoms with E-state index < -0.39 is 11.5 Å². The normalized spacial score (nSPS) is 13.5. The number of rotatable bonds is 7. The number of hydrogen-bond donors (Lipinski definition) is 2. The van der Waals surface area contributed by atoms with Crippen molar-refractivity contribution in [3.8, 4) is 9.88 Å². The minimum absolute atomic E-state index is 0.0917. The summed E-state index contributed by atoms with van der Waals surface area (Å²) in [5.74, 6) is -1.33. The predicted molar refractivity (Wildman–Crippen MR) is 88.2 cm³/mol. The molecule has 2 heterocycles. The van der Waals surface area contributed by atoms with Crippen LogP contribution in [0.4, 0.5) is 0 Å². The van der Waals surface area contributed by atoms with Gasteiger partial charge in [-0.2, -0.15) is 0 Å². The van der Waals surface area contributed by atoms with Crippen molar-refractivity contribution in [2.24, 2.45) is 0 Å². The van der Waals surface area contributed by atoms with Crippen molar-refractivity contribution < 1.29 is 14.7 Å². The van der Waals surface area contributed by atoms with E-state index in [1.807, 2.05) is 29.8 Å². The van der Waals surface area contributed by atoms with E-state index in [0.29, 0.717) is 18.5 Å². The Morgan fingerprint density at radius 1 is 1.41 bits per heavy atom. The molecule has 2 N–H and O–H groups in total. The molecule has 2 aromatic rings. The minimum Gasteiger partial charge on any atom is -0.480 e. The highest BCUT2D eigenvalue weighted by atomic mass is 32.1. The molecule has 22 heavy (non-hydrogen) atoms. The van der Waals surface area contributed by atoms with Crippen LogP contribution in [0.2, 0.25) is 0 Å². The Balaban J connectivity index is 2.01. The van der Waals surface area contributed by atoms with Crippen LogP contribution in [0.5, 0.6) is 0 Å². The number of nitrogens with one attached hydrogen (secondary N) is 1. The summed E-state index contributed by atoms with van der Waals surface area (Å²) in [6.45, 7) is 3.43. The van der Waals surface area contributed by atoms with E-state index in [9.17, 15) is 14.7 Å². The zero-order valence-corrected chi connectivity index (χ0v) is 14.1. The molecule has 0 spiro atoms. The van der Waals surface area contributed by atoms with Crippen LogP contribution in [0, 0.1) is 0 Å². The van der Waals surface area contributed by atoms with Crippen molar-refractivity contribution in [2.75, 3.05) is 0 Å². The molecule has 0 saturated heterocycles. The highest BCUT2D eigenvalue weighted by molar-refractivity contribution is 7.20. The average molecular weight is 338 g/mol. The second-order valence-corrected chi connectivity index (χ2v) is 7.04. The van der Waals surface area contributed by atoms with E-state index in [4.69, 9.17) is 0 Å². The fourth-order valence-corrected chi connectivity index (χ4v) is 3.77. The van der Waals surface area contributed by atoms with Crippen LogP contribution in [-0.4, -0.2) is 27.5 Å². The van der Waals surface area contributed by atoms with Gasteiger partial charge in [0, 0.05) is 5.38 Å². The van der Waals surface area contributed by atoms with Crippen molar-refractivity contribution in [1.82, 2.24) is 10.3 Å². The Kier molecular flexibility index (Phi) is 5.31. The number of hydrogen-bond acceptors (Lipinski definition) is 5. The zero-order chi connectivity index (χ0) is 16.2. The molecule has 0 fully saturated rings. The molecule has 0 radical (unpaired) electrons. The SMILES string of the molecule is CCCC(C)(NC(=O)Cc1csc(-c2cccs2)n1)C(=O)O. The van der Waals surface area contributed by atoms with Crippen molar-refractivity contribution in [2.45, 2.75) is 38.6 Å². The minimum atomic E-state index is -1.22. The van der Waals surface area contributed by atoms with Gasteiger partial charge in [0.25, 0.3) is 0 Å². The van der Waals surface area contributed by atoms with Crippen LogP contribution >= 0.6 is 22.7 Å². The molecule has 0 aliphatic heterocycles. The first-order valence-corrected chi connectivity index (χ1v) is 8.73. The van der Waals surface area contributed by atoms with Crippen molar-refractivity contribution in [3.63, 3.8) is 0 Å². The molecule has 118 valence electrons. The molecule has 2 rings (SSSR count). The molecule has 0 aliphatic rings. The van der Waals surface area contributed by atoms with Gasteiger partial charge in [-0.25, -0.2) is 9.78 Å². The van der Waals surface area contributed by atoms with Gasteiger partial charge in [-0.3, -0.25) is 4.79 Å². The Labute approximate surface area is 137 Å². The van der Waals surface area contributed by atoms with Crippen LogP contribution in [-0.2, 0) is 16.0 Å². The van der Waals surface area contributed by atoms with E-state index in [-0.39, 0.29) is 12.3 Å². The summed E-state index contributed by atoms with van der Waals surface area (Å²) in [5, 5.41) is 16.6. The van der Waals surface area contributed by atoms with E-state index >= 15 is 0 Å². The summed E-state index contributed by atoms with van der Waals surface area (Å²) in [6.07, 6.45) is 1.17. The molecule has 0 aromatic carbocycles. The first kappa shape index (κ1) is 16.6. The topological polar surface area (TPSA) is 79.3 Å². The number of aliphatic carboxylic acids is 1. The lowest BCUT2D eigenvalue weighted by molar-refractivity contribution is -0.147. The lowest BCUT2D eigenvalue weighted by Gasteiger charge is -2.25. The number of carboxylic acid groups (broad SMARTS) is 1. The molecule has 5 nitrogen and oxygen atoms in total. The quantitative estimate of drug-likeness (QED) is 0.813. The Hall–Kier alpha value is -1.73. The first-order chi connectivity index (χ1) is 10.4. The molecule has 1 unspecified atom stereocenters. The lowest BCUT2D eigenvalue weighted by atomic mass is 9.96. The Morgan fingerprint density at radius 2 is 2.18 bits per heavy atom. The highest BCUT2D eigenvalue weighted by Gasteiger charge is 2.33. The van der Waals surface area contributed by atoms with Gasteiger partial charge in [-0.1, -0.05) is 19.4 Å². The fourth-order valence-electron chi connectivity index (χ4n) is 2.14. The third-order valence-corrected chi connectivity index (χ3v) is 5.19. The third-order valence-electron chi connectivity index (χ3n) is 3.26. The van der Waals surface area contributed by atoms with Gasteiger partial charge in [0.15, 0.2) is 0 Å². The molecule has 2 aromatic heterocycles. The maximum Gasteiger partial charge on any atom is 0.329 e. The van der Waals surface area contributed by atoms with Crippen LogP contribution in [0.3, 0.4) is 0 Å². The van der Waals surface area contributed by atoms with Gasteiger partial charge >= 0.3 is 5.97 Å². The highest BCUT2D eigenvalue weighted by Crippen LogP contribution is 2.27. The van der Waals surface area contributed by atoms with Gasteiger partial charge in [0.05, 0.1) is 17.0 Å². The Morgan fingerprint density at radius 3 is 2.77 bits per heavy atom. The number of aromatic nitrogens is 1. The van der Waals surface area contributed by atoms with E-state index in [0.717, 1.165) is 9.88 Å². The number of thiazole rings is 1. The van der Waals surface area contributed by atoms with Crippen LogP contribution in [0.25, 0.3) is 9.88 Å². The number of amides is 1. The molecule has 0 aliphatic carbocycles. The number of thiophene rings is 1. The standard InChI is InChI=1S/C15H18N2O3S2/c1-3-6-15(2,14(19)20)17-12(18)8-10-9-22-13(16-10)11-5-4-7-21-11/h4-5,7,9H,3,6,8H2,1-2H3,(H,17,18)(H,19,20). The third kappa shape index (κ3) is 3.92. The average Bonchev–Trinajstić information content (AvgIpc) is 3.08. The Bertz CT molecular complexity index is 652. The molecule has 0 saturated carbocycles. The molecule has 7 heteroatoms. The monoisotopic (exact) mass is 338 g/mol. The first-order valence-electron chi connectivity index (χ1n) is 6.97. The summed E-state index contributed by atoms with van der Waals surface area (Å²) in [6, 6.07) is 3.94.